The molecule has 3 aromatic carbocycles. The van der Waals surface area contributed by atoms with Crippen molar-refractivity contribution < 1.29 is 9.18 Å². The zero-order valence-corrected chi connectivity index (χ0v) is 16.2. The van der Waals surface area contributed by atoms with Gasteiger partial charge in [0.25, 0.3) is 5.91 Å². The fourth-order valence-electron chi connectivity index (χ4n) is 2.63. The summed E-state index contributed by atoms with van der Waals surface area (Å²) in [6, 6.07) is 22.2. The first kappa shape index (κ1) is 19.5. The summed E-state index contributed by atoms with van der Waals surface area (Å²) < 4.78 is 13.7. The zero-order valence-electron chi connectivity index (χ0n) is 14.6. The van der Waals surface area contributed by atoms with Gasteiger partial charge in [0.2, 0.25) is 0 Å². The normalized spacial score (nSPS) is 10.6. The number of carbonyl (C=O) groups is 1. The maximum atomic E-state index is 13.7. The molecule has 0 spiro atoms. The van der Waals surface area contributed by atoms with Crippen LogP contribution in [0.1, 0.15) is 15.9 Å². The average molecular weight is 400 g/mol. The highest BCUT2D eigenvalue weighted by Gasteiger charge is 2.08. The second-order valence-electron chi connectivity index (χ2n) is 5.95. The summed E-state index contributed by atoms with van der Waals surface area (Å²) in [5, 5.41) is 3.32. The Morgan fingerprint density at radius 3 is 2.33 bits per heavy atom. The summed E-state index contributed by atoms with van der Waals surface area (Å²) in [5.41, 5.74) is 3.32. The van der Waals surface area contributed by atoms with Gasteiger partial charge in [0.15, 0.2) is 0 Å². The molecule has 138 valence electrons. The predicted molar refractivity (Wildman–Crippen MR) is 112 cm³/mol. The number of carbonyl (C=O) groups excluding carboxylic acids is 1. The summed E-state index contributed by atoms with van der Waals surface area (Å²) in [4.78, 5) is 12.2. The Hall–Kier alpha value is -2.30. The molecule has 5 heteroatoms. The third-order valence-electron chi connectivity index (χ3n) is 4.09. The van der Waals surface area contributed by atoms with E-state index in [0.717, 1.165) is 11.1 Å². The van der Waals surface area contributed by atoms with Crippen LogP contribution in [0.5, 0.6) is 0 Å². The van der Waals surface area contributed by atoms with Gasteiger partial charge in [0.05, 0.1) is 0 Å². The smallest absolute Gasteiger partial charge is 0.251 e. The molecule has 0 saturated carbocycles. The van der Waals surface area contributed by atoms with E-state index in [-0.39, 0.29) is 11.7 Å². The van der Waals surface area contributed by atoms with E-state index in [1.807, 2.05) is 54.6 Å². The van der Waals surface area contributed by atoms with E-state index in [4.69, 9.17) is 11.6 Å². The molecule has 0 aliphatic rings. The molecular formula is C22H19ClFNOS. The van der Waals surface area contributed by atoms with Crippen molar-refractivity contribution in [1.29, 1.82) is 0 Å². The highest BCUT2D eigenvalue weighted by atomic mass is 35.5. The Kier molecular flexibility index (Phi) is 6.91. The van der Waals surface area contributed by atoms with Crippen LogP contribution in [-0.2, 0) is 5.75 Å². The summed E-state index contributed by atoms with van der Waals surface area (Å²) in [6.45, 7) is 0.510. The standard InChI is InChI=1S/C22H19ClFNOS/c23-20-7-4-8-21(24)19(20)15-27-14-13-25-22(26)18-11-9-17(10-12-18)16-5-2-1-3-6-16/h1-12H,13-15H2,(H,25,26). The molecular weight excluding hydrogens is 381 g/mol. The topological polar surface area (TPSA) is 29.1 Å². The number of hydrogen-bond acceptors (Lipinski definition) is 2. The second kappa shape index (κ2) is 9.58. The summed E-state index contributed by atoms with van der Waals surface area (Å²) >= 11 is 7.54. The third-order valence-corrected chi connectivity index (χ3v) is 5.43. The highest BCUT2D eigenvalue weighted by Crippen LogP contribution is 2.23. The van der Waals surface area contributed by atoms with E-state index in [9.17, 15) is 9.18 Å². The minimum Gasteiger partial charge on any atom is -0.351 e. The molecule has 1 amide bonds. The summed E-state index contributed by atoms with van der Waals surface area (Å²) in [5.74, 6) is 0.753. The molecule has 2 nitrogen and oxygen atoms in total. The van der Waals surface area contributed by atoms with Crippen LogP contribution in [0.2, 0.25) is 5.02 Å². The van der Waals surface area contributed by atoms with Gasteiger partial charge in [-0.1, -0.05) is 60.1 Å². The van der Waals surface area contributed by atoms with Crippen molar-refractivity contribution >= 4 is 29.3 Å². The van der Waals surface area contributed by atoms with E-state index in [0.29, 0.717) is 34.2 Å². The third kappa shape index (κ3) is 5.34. The van der Waals surface area contributed by atoms with Crippen LogP contribution in [0.3, 0.4) is 0 Å². The van der Waals surface area contributed by atoms with Gasteiger partial charge >= 0.3 is 0 Å². The quantitative estimate of drug-likeness (QED) is 0.508. The van der Waals surface area contributed by atoms with Gasteiger partial charge < -0.3 is 5.32 Å². The monoisotopic (exact) mass is 399 g/mol. The first-order valence-electron chi connectivity index (χ1n) is 8.59. The number of halogens is 2. The maximum Gasteiger partial charge on any atom is 0.251 e. The molecule has 3 aromatic rings. The lowest BCUT2D eigenvalue weighted by Crippen LogP contribution is -2.25. The van der Waals surface area contributed by atoms with Crippen molar-refractivity contribution in [3.05, 3.63) is 94.8 Å². The van der Waals surface area contributed by atoms with Crippen molar-refractivity contribution in [2.75, 3.05) is 12.3 Å². The van der Waals surface area contributed by atoms with Crippen LogP contribution in [0, 0.1) is 5.82 Å². The first-order chi connectivity index (χ1) is 13.1. The van der Waals surface area contributed by atoms with E-state index < -0.39 is 0 Å². The van der Waals surface area contributed by atoms with Gasteiger partial charge in [-0.15, -0.1) is 0 Å². The Bertz CT molecular complexity index is 880. The number of benzene rings is 3. The van der Waals surface area contributed by atoms with Gasteiger partial charge in [-0.25, -0.2) is 4.39 Å². The zero-order chi connectivity index (χ0) is 19.1. The number of hydrogen-bond donors (Lipinski definition) is 1. The van der Waals surface area contributed by atoms with Crippen molar-refractivity contribution in [2.24, 2.45) is 0 Å². The number of rotatable bonds is 7. The largest absolute Gasteiger partial charge is 0.351 e. The van der Waals surface area contributed by atoms with Crippen molar-refractivity contribution in [2.45, 2.75) is 5.75 Å². The Morgan fingerprint density at radius 2 is 1.63 bits per heavy atom. The Morgan fingerprint density at radius 1 is 0.926 bits per heavy atom. The Balaban J connectivity index is 1.45. The number of amides is 1. The molecule has 0 unspecified atom stereocenters. The lowest BCUT2D eigenvalue weighted by Gasteiger charge is -2.08. The van der Waals surface area contributed by atoms with Gasteiger partial charge in [-0.2, -0.15) is 11.8 Å². The number of nitrogens with one attached hydrogen (secondary N) is 1. The lowest BCUT2D eigenvalue weighted by molar-refractivity contribution is 0.0956. The van der Waals surface area contributed by atoms with Crippen molar-refractivity contribution in [3.63, 3.8) is 0 Å². The van der Waals surface area contributed by atoms with E-state index >= 15 is 0 Å². The predicted octanol–water partition coefficient (Wildman–Crippen LogP) is 5.81. The van der Waals surface area contributed by atoms with Crippen LogP contribution >= 0.6 is 23.4 Å². The number of thioether (sulfide) groups is 1. The van der Waals surface area contributed by atoms with Crippen molar-refractivity contribution in [3.8, 4) is 11.1 Å². The highest BCUT2D eigenvalue weighted by molar-refractivity contribution is 7.98. The molecule has 0 saturated heterocycles. The SMILES string of the molecule is O=C(NCCSCc1c(F)cccc1Cl)c1ccc(-c2ccccc2)cc1. The lowest BCUT2D eigenvalue weighted by atomic mass is 10.0. The maximum absolute atomic E-state index is 13.7. The van der Waals surface area contributed by atoms with Gasteiger partial charge in [-0.05, 0) is 35.4 Å². The van der Waals surface area contributed by atoms with E-state index in [1.54, 1.807) is 12.1 Å². The molecule has 27 heavy (non-hydrogen) atoms. The van der Waals surface area contributed by atoms with Crippen LogP contribution in [0.15, 0.2) is 72.8 Å². The second-order valence-corrected chi connectivity index (χ2v) is 7.46. The minimum absolute atomic E-state index is 0.112. The molecule has 0 bridgehead atoms. The average Bonchev–Trinajstić information content (AvgIpc) is 2.70. The summed E-state index contributed by atoms with van der Waals surface area (Å²) in [7, 11) is 0. The molecule has 0 atom stereocenters. The van der Waals surface area contributed by atoms with Gasteiger partial charge in [0, 0.05) is 34.2 Å². The van der Waals surface area contributed by atoms with Gasteiger partial charge in [0.1, 0.15) is 5.82 Å². The van der Waals surface area contributed by atoms with E-state index in [1.165, 1.54) is 17.8 Å². The summed E-state index contributed by atoms with van der Waals surface area (Å²) in [6.07, 6.45) is 0. The first-order valence-corrected chi connectivity index (χ1v) is 10.1. The molecule has 3 rings (SSSR count). The fourth-order valence-corrected chi connectivity index (χ4v) is 3.83. The molecule has 0 radical (unpaired) electrons. The Labute approximate surface area is 167 Å². The molecule has 1 N–H and O–H groups in total. The van der Waals surface area contributed by atoms with Crippen LogP contribution < -0.4 is 5.32 Å². The van der Waals surface area contributed by atoms with Crippen molar-refractivity contribution in [1.82, 2.24) is 5.32 Å². The molecule has 0 aliphatic heterocycles. The van der Waals surface area contributed by atoms with Crippen LogP contribution in [0.25, 0.3) is 11.1 Å². The van der Waals surface area contributed by atoms with Crippen LogP contribution in [-0.4, -0.2) is 18.2 Å². The van der Waals surface area contributed by atoms with Crippen LogP contribution in [0.4, 0.5) is 4.39 Å². The molecule has 0 fully saturated rings. The van der Waals surface area contributed by atoms with Gasteiger partial charge in [-0.3, -0.25) is 4.79 Å². The molecule has 0 aliphatic carbocycles. The minimum atomic E-state index is -0.294. The fraction of sp³-hybridized carbons (Fsp3) is 0.136. The molecule has 0 heterocycles. The van der Waals surface area contributed by atoms with E-state index in [2.05, 4.69) is 5.32 Å². The molecule has 0 aromatic heterocycles.